The number of hydrogen-bond donors (Lipinski definition) is 2. The fraction of sp³-hybridized carbons (Fsp3) is 0.529. The molecule has 1 aliphatic heterocycles. The summed E-state index contributed by atoms with van der Waals surface area (Å²) in [5.41, 5.74) is 1.48. The number of nitrogens with zero attached hydrogens (tertiary/aromatic N) is 1. The minimum absolute atomic E-state index is 0.0422. The van der Waals surface area contributed by atoms with Crippen LogP contribution in [-0.4, -0.2) is 54.2 Å². The number of phenols is 1. The minimum Gasteiger partial charge on any atom is -0.504 e. The van der Waals surface area contributed by atoms with E-state index in [2.05, 4.69) is 36.2 Å². The molecular formula is C34H48N2O5. The first kappa shape index (κ1) is 32.2. The van der Waals surface area contributed by atoms with Gasteiger partial charge in [-0.15, -0.1) is 0 Å². The highest BCUT2D eigenvalue weighted by molar-refractivity contribution is 5.89. The maximum atomic E-state index is 12.2. The second-order valence-electron chi connectivity index (χ2n) is 11.2. The number of carbonyl (C=O) groups is 2. The number of aromatic hydroxyl groups is 1. The summed E-state index contributed by atoms with van der Waals surface area (Å²) in [6, 6.07) is 14.7. The fourth-order valence-electron chi connectivity index (χ4n) is 5.07. The second-order valence-corrected chi connectivity index (χ2v) is 11.2. The summed E-state index contributed by atoms with van der Waals surface area (Å²) >= 11 is 0. The van der Waals surface area contributed by atoms with Crippen molar-refractivity contribution < 1.29 is 24.2 Å². The van der Waals surface area contributed by atoms with Gasteiger partial charge in [0.25, 0.3) is 0 Å². The van der Waals surface area contributed by atoms with Crippen LogP contribution >= 0.6 is 0 Å². The molecular weight excluding hydrogens is 516 g/mol. The highest BCUT2D eigenvalue weighted by Gasteiger charge is 2.22. The molecule has 1 saturated heterocycles. The molecule has 224 valence electrons. The first-order chi connectivity index (χ1) is 19.9. The topological polar surface area (TPSA) is 88.1 Å². The van der Waals surface area contributed by atoms with Crippen LogP contribution in [0.5, 0.6) is 11.5 Å². The predicted octanol–water partition coefficient (Wildman–Crippen LogP) is 6.65. The number of carbonyl (C=O) groups excluding carboxylic acids is 2. The van der Waals surface area contributed by atoms with E-state index in [0.29, 0.717) is 49.5 Å². The van der Waals surface area contributed by atoms with E-state index in [1.165, 1.54) is 12.8 Å². The maximum Gasteiger partial charge on any atom is 0.338 e. The summed E-state index contributed by atoms with van der Waals surface area (Å²) in [4.78, 5) is 26.9. The number of unbranched alkanes of at least 4 members (excludes halogenated alkanes) is 2. The number of benzene rings is 2. The van der Waals surface area contributed by atoms with E-state index >= 15 is 0 Å². The Bertz CT molecular complexity index is 1090. The van der Waals surface area contributed by atoms with Crippen LogP contribution in [0.25, 0.3) is 0 Å². The molecule has 0 bridgehead atoms. The van der Waals surface area contributed by atoms with Gasteiger partial charge in [-0.05, 0) is 87.2 Å². The molecule has 0 aliphatic carbocycles. The Balaban J connectivity index is 1.35. The van der Waals surface area contributed by atoms with Crippen molar-refractivity contribution in [3.8, 4) is 11.5 Å². The number of allylic oxidation sites excluding steroid dienone is 2. The van der Waals surface area contributed by atoms with E-state index in [1.54, 1.807) is 18.2 Å². The molecule has 1 fully saturated rings. The van der Waals surface area contributed by atoms with E-state index < -0.39 is 0 Å². The van der Waals surface area contributed by atoms with Crippen LogP contribution in [0.4, 0.5) is 0 Å². The molecule has 7 heteroatoms. The minimum atomic E-state index is -0.277. The number of likely N-dealkylation sites (tertiary alicyclic amines) is 1. The van der Waals surface area contributed by atoms with Crippen LogP contribution < -0.4 is 10.1 Å². The van der Waals surface area contributed by atoms with Gasteiger partial charge < -0.3 is 24.8 Å². The van der Waals surface area contributed by atoms with Gasteiger partial charge in [-0.2, -0.15) is 0 Å². The zero-order valence-electron chi connectivity index (χ0n) is 24.9. The van der Waals surface area contributed by atoms with Crippen molar-refractivity contribution >= 4 is 11.9 Å². The third-order valence-electron chi connectivity index (χ3n) is 7.35. The molecule has 0 aromatic heterocycles. The summed E-state index contributed by atoms with van der Waals surface area (Å²) in [5.74, 6) is 0.884. The van der Waals surface area contributed by atoms with Crippen LogP contribution in [-0.2, 0) is 16.1 Å². The van der Waals surface area contributed by atoms with Gasteiger partial charge >= 0.3 is 5.97 Å². The van der Waals surface area contributed by atoms with Crippen LogP contribution in [0.3, 0.4) is 0 Å². The molecule has 1 heterocycles. The second kappa shape index (κ2) is 18.2. The summed E-state index contributed by atoms with van der Waals surface area (Å²) in [7, 11) is 0. The third kappa shape index (κ3) is 12.4. The smallest absolute Gasteiger partial charge is 0.338 e. The van der Waals surface area contributed by atoms with Gasteiger partial charge in [-0.1, -0.05) is 56.7 Å². The van der Waals surface area contributed by atoms with Gasteiger partial charge in [0.2, 0.25) is 5.91 Å². The van der Waals surface area contributed by atoms with E-state index in [4.69, 9.17) is 9.47 Å². The molecule has 2 N–H and O–H groups in total. The molecule has 7 nitrogen and oxygen atoms in total. The number of amides is 1. The van der Waals surface area contributed by atoms with E-state index in [9.17, 15) is 14.7 Å². The molecule has 2 aromatic rings. The van der Waals surface area contributed by atoms with E-state index in [1.807, 2.05) is 30.3 Å². The highest BCUT2D eigenvalue weighted by atomic mass is 16.5. The van der Waals surface area contributed by atoms with Crippen molar-refractivity contribution in [3.05, 3.63) is 71.8 Å². The summed E-state index contributed by atoms with van der Waals surface area (Å²) in [5, 5.41) is 13.3. The Kier molecular flexibility index (Phi) is 14.3. The van der Waals surface area contributed by atoms with Crippen LogP contribution in [0.2, 0.25) is 0 Å². The average molecular weight is 565 g/mol. The standard InChI is InChI=1S/C34H48N2O5/c1-27(2)13-6-3-4-9-17-33(38)35-26-28-18-19-31(37)32(25-28)40-24-20-30-16-10-11-21-36(30)22-12-23-41-34(39)29-14-7-5-8-15-29/h5-8,13-15,18-19,25,27,30,37H,3-4,9-12,16-17,20-24,26H2,1-2H3,(H,35,38)/b13-6+. The first-order valence-corrected chi connectivity index (χ1v) is 15.3. The lowest BCUT2D eigenvalue weighted by Crippen LogP contribution is -2.41. The lowest BCUT2D eigenvalue weighted by Gasteiger charge is -2.35. The first-order valence-electron chi connectivity index (χ1n) is 15.3. The van der Waals surface area contributed by atoms with Gasteiger partial charge in [0.15, 0.2) is 11.5 Å². The number of nitrogens with one attached hydrogen (secondary N) is 1. The van der Waals surface area contributed by atoms with Gasteiger partial charge in [0, 0.05) is 25.6 Å². The summed E-state index contributed by atoms with van der Waals surface area (Å²) in [6.45, 7) is 7.54. The predicted molar refractivity (Wildman–Crippen MR) is 163 cm³/mol. The van der Waals surface area contributed by atoms with Crippen LogP contribution in [0, 0.1) is 5.92 Å². The van der Waals surface area contributed by atoms with Gasteiger partial charge in [-0.3, -0.25) is 4.79 Å². The number of phenolic OH excluding ortho intramolecular Hbond substituents is 1. The summed E-state index contributed by atoms with van der Waals surface area (Å²) < 4.78 is 11.4. The van der Waals surface area contributed by atoms with Crippen LogP contribution in [0.1, 0.15) is 87.6 Å². The number of piperidine rings is 1. The van der Waals surface area contributed by atoms with E-state index in [-0.39, 0.29) is 17.6 Å². The fourth-order valence-corrected chi connectivity index (χ4v) is 5.07. The average Bonchev–Trinajstić information content (AvgIpc) is 2.98. The molecule has 1 unspecified atom stereocenters. The van der Waals surface area contributed by atoms with Crippen LogP contribution in [0.15, 0.2) is 60.7 Å². The Labute approximate surface area is 245 Å². The Morgan fingerprint density at radius 3 is 2.71 bits per heavy atom. The van der Waals surface area contributed by atoms with Crippen molar-refractivity contribution in [3.63, 3.8) is 0 Å². The summed E-state index contributed by atoms with van der Waals surface area (Å²) in [6.07, 6.45) is 12.9. The molecule has 0 spiro atoms. The highest BCUT2D eigenvalue weighted by Crippen LogP contribution is 2.28. The quantitative estimate of drug-likeness (QED) is 0.127. The van der Waals surface area contributed by atoms with Crippen molar-refractivity contribution in [2.45, 2.75) is 84.2 Å². The Hall–Kier alpha value is -3.32. The van der Waals surface area contributed by atoms with Gasteiger partial charge in [-0.25, -0.2) is 4.79 Å². The monoisotopic (exact) mass is 564 g/mol. The lowest BCUT2D eigenvalue weighted by atomic mass is 9.99. The van der Waals surface area contributed by atoms with Crippen molar-refractivity contribution in [2.24, 2.45) is 5.92 Å². The van der Waals surface area contributed by atoms with Crippen molar-refractivity contribution in [2.75, 3.05) is 26.3 Å². The third-order valence-corrected chi connectivity index (χ3v) is 7.35. The maximum absolute atomic E-state index is 12.2. The lowest BCUT2D eigenvalue weighted by molar-refractivity contribution is -0.121. The zero-order valence-corrected chi connectivity index (χ0v) is 24.9. The number of hydrogen-bond acceptors (Lipinski definition) is 6. The molecule has 0 radical (unpaired) electrons. The van der Waals surface area contributed by atoms with E-state index in [0.717, 1.165) is 57.2 Å². The SMILES string of the molecule is CC(C)/C=C/CCCCC(=O)NCc1ccc(O)c(OCCC2CCCCN2CCCOC(=O)c2ccccc2)c1. The molecule has 3 rings (SSSR count). The number of rotatable bonds is 17. The number of ether oxygens (including phenoxy) is 2. The van der Waals surface area contributed by atoms with Gasteiger partial charge in [0.05, 0.1) is 18.8 Å². The molecule has 2 aromatic carbocycles. The molecule has 0 saturated carbocycles. The molecule has 41 heavy (non-hydrogen) atoms. The Morgan fingerprint density at radius 2 is 1.90 bits per heavy atom. The largest absolute Gasteiger partial charge is 0.504 e. The molecule has 1 amide bonds. The normalized spacial score (nSPS) is 15.7. The molecule has 1 atom stereocenters. The van der Waals surface area contributed by atoms with Gasteiger partial charge in [0.1, 0.15) is 0 Å². The molecule has 1 aliphatic rings. The van der Waals surface area contributed by atoms with Crippen molar-refractivity contribution in [1.29, 1.82) is 0 Å². The zero-order chi connectivity index (χ0) is 29.3. The number of esters is 1. The van der Waals surface area contributed by atoms with Crippen molar-refractivity contribution in [1.82, 2.24) is 10.2 Å². The Morgan fingerprint density at radius 1 is 1.07 bits per heavy atom.